The third-order valence-corrected chi connectivity index (χ3v) is 3.65. The highest BCUT2D eigenvalue weighted by molar-refractivity contribution is 5.83. The summed E-state index contributed by atoms with van der Waals surface area (Å²) in [4.78, 5) is 3.74. The van der Waals surface area contributed by atoms with Crippen molar-refractivity contribution in [3.8, 4) is 0 Å². The molecule has 3 nitrogen and oxygen atoms in total. The van der Waals surface area contributed by atoms with Gasteiger partial charge in [0.25, 0.3) is 0 Å². The van der Waals surface area contributed by atoms with Crippen LogP contribution in [0, 0.1) is 12.7 Å². The maximum absolute atomic E-state index is 13.4. The van der Waals surface area contributed by atoms with Gasteiger partial charge in [-0.25, -0.2) is 4.39 Å². The van der Waals surface area contributed by atoms with Gasteiger partial charge < -0.3 is 9.88 Å². The van der Waals surface area contributed by atoms with Crippen molar-refractivity contribution in [2.45, 2.75) is 19.9 Å². The van der Waals surface area contributed by atoms with E-state index in [1.807, 2.05) is 0 Å². The van der Waals surface area contributed by atoms with Gasteiger partial charge in [-0.3, -0.25) is 4.98 Å². The summed E-state index contributed by atoms with van der Waals surface area (Å²) in [6.07, 6.45) is 5.93. The van der Waals surface area contributed by atoms with Crippen LogP contribution in [0.1, 0.15) is 12.0 Å². The van der Waals surface area contributed by atoms with Crippen molar-refractivity contribution in [3.05, 3.63) is 60.3 Å². The summed E-state index contributed by atoms with van der Waals surface area (Å²) in [6.45, 7) is 3.77. The van der Waals surface area contributed by atoms with Crippen molar-refractivity contribution in [2.75, 3.05) is 11.9 Å². The minimum Gasteiger partial charge on any atom is -0.383 e. The molecule has 1 N–H and O–H groups in total. The molecule has 0 spiro atoms. The van der Waals surface area contributed by atoms with Crippen LogP contribution in [0.2, 0.25) is 0 Å². The Bertz CT molecular complexity index is 749. The predicted molar refractivity (Wildman–Crippen MR) is 84.0 cm³/mol. The molecule has 0 amide bonds. The fourth-order valence-electron chi connectivity index (χ4n) is 2.61. The average molecular weight is 283 g/mol. The Morgan fingerprint density at radius 2 is 2.10 bits per heavy atom. The molecule has 0 atom stereocenters. The number of anilines is 1. The summed E-state index contributed by atoms with van der Waals surface area (Å²) in [7, 11) is 0. The zero-order valence-corrected chi connectivity index (χ0v) is 12.0. The van der Waals surface area contributed by atoms with Crippen molar-refractivity contribution in [2.24, 2.45) is 0 Å². The molecule has 3 aromatic rings. The van der Waals surface area contributed by atoms with Crippen molar-refractivity contribution in [3.63, 3.8) is 0 Å². The topological polar surface area (TPSA) is 29.9 Å². The van der Waals surface area contributed by atoms with E-state index in [9.17, 15) is 4.39 Å². The van der Waals surface area contributed by atoms with Gasteiger partial charge in [0.05, 0.1) is 11.9 Å². The third kappa shape index (κ3) is 2.89. The van der Waals surface area contributed by atoms with E-state index < -0.39 is 0 Å². The Morgan fingerprint density at radius 1 is 1.24 bits per heavy atom. The largest absolute Gasteiger partial charge is 0.383 e. The molecular weight excluding hydrogens is 265 g/mol. The zero-order valence-electron chi connectivity index (χ0n) is 12.0. The molecule has 0 saturated heterocycles. The Labute approximate surface area is 123 Å². The van der Waals surface area contributed by atoms with Crippen LogP contribution in [0.3, 0.4) is 0 Å². The van der Waals surface area contributed by atoms with Crippen LogP contribution in [0.5, 0.6) is 0 Å². The fourth-order valence-corrected chi connectivity index (χ4v) is 2.61. The first kappa shape index (κ1) is 13.6. The van der Waals surface area contributed by atoms with E-state index >= 15 is 0 Å². The third-order valence-electron chi connectivity index (χ3n) is 3.65. The number of fused-ring (bicyclic) bond motifs is 1. The maximum atomic E-state index is 13.4. The molecule has 3 rings (SSSR count). The van der Waals surface area contributed by atoms with Crippen LogP contribution < -0.4 is 5.32 Å². The number of benzene rings is 1. The molecule has 108 valence electrons. The van der Waals surface area contributed by atoms with Crippen LogP contribution >= 0.6 is 0 Å². The summed E-state index contributed by atoms with van der Waals surface area (Å²) in [5.41, 5.74) is 3.06. The van der Waals surface area contributed by atoms with Gasteiger partial charge in [-0.2, -0.15) is 0 Å². The van der Waals surface area contributed by atoms with Gasteiger partial charge in [0.2, 0.25) is 0 Å². The fraction of sp³-hybridized carbons (Fsp3) is 0.235. The Kier molecular flexibility index (Phi) is 3.86. The minimum atomic E-state index is -0.306. The van der Waals surface area contributed by atoms with Crippen LogP contribution in [-0.2, 0) is 6.54 Å². The number of nitrogens with zero attached hydrogens (tertiary/aromatic N) is 2. The van der Waals surface area contributed by atoms with Gasteiger partial charge >= 0.3 is 0 Å². The molecule has 0 aliphatic heterocycles. The van der Waals surface area contributed by atoms with Crippen molar-refractivity contribution in [1.29, 1.82) is 0 Å². The first-order chi connectivity index (χ1) is 10.3. The van der Waals surface area contributed by atoms with Crippen LogP contribution in [0.25, 0.3) is 10.9 Å². The second kappa shape index (κ2) is 5.95. The summed E-state index contributed by atoms with van der Waals surface area (Å²) in [5.74, 6) is -0.306. The molecule has 0 radical (unpaired) electrons. The quantitative estimate of drug-likeness (QED) is 0.718. The lowest BCUT2D eigenvalue weighted by molar-refractivity contribution is 0.621. The average Bonchev–Trinajstić information content (AvgIpc) is 2.82. The van der Waals surface area contributed by atoms with E-state index in [0.29, 0.717) is 5.69 Å². The highest BCUT2D eigenvalue weighted by Gasteiger charge is 2.04. The number of hydrogen-bond acceptors (Lipinski definition) is 2. The van der Waals surface area contributed by atoms with Crippen molar-refractivity contribution >= 4 is 16.6 Å². The lowest BCUT2D eigenvalue weighted by Crippen LogP contribution is -2.07. The van der Waals surface area contributed by atoms with Crippen LogP contribution in [0.15, 0.2) is 48.9 Å². The molecule has 0 aliphatic carbocycles. The highest BCUT2D eigenvalue weighted by Crippen LogP contribution is 2.20. The summed E-state index contributed by atoms with van der Waals surface area (Å²) in [6, 6.07) is 10.1. The number of halogens is 1. The van der Waals surface area contributed by atoms with Gasteiger partial charge in [-0.15, -0.1) is 0 Å². The Hall–Kier alpha value is -2.36. The normalized spacial score (nSPS) is 11.0. The van der Waals surface area contributed by atoms with Gasteiger partial charge in [0, 0.05) is 36.4 Å². The smallest absolute Gasteiger partial charge is 0.164 e. The first-order valence-corrected chi connectivity index (χ1v) is 7.13. The van der Waals surface area contributed by atoms with Gasteiger partial charge in [-0.1, -0.05) is 18.2 Å². The second-order valence-corrected chi connectivity index (χ2v) is 5.16. The lowest BCUT2D eigenvalue weighted by Gasteiger charge is -2.08. The SMILES string of the molecule is Cc1cn(CCCNc2ccncc2F)c2ccccc12. The van der Waals surface area contributed by atoms with E-state index in [0.717, 1.165) is 19.5 Å². The van der Waals surface area contributed by atoms with Gasteiger partial charge in [0.1, 0.15) is 0 Å². The molecular formula is C17H18FN3. The monoisotopic (exact) mass is 283 g/mol. The highest BCUT2D eigenvalue weighted by atomic mass is 19.1. The van der Waals surface area contributed by atoms with Crippen molar-refractivity contribution in [1.82, 2.24) is 9.55 Å². The number of aryl methyl sites for hydroxylation is 2. The molecule has 1 aromatic carbocycles. The molecule has 0 bridgehead atoms. The van der Waals surface area contributed by atoms with Crippen molar-refractivity contribution < 1.29 is 4.39 Å². The standard InChI is InChI=1S/C17H18FN3/c1-13-12-21(17-6-3-2-5-14(13)17)10-4-8-20-16-7-9-19-11-15(16)18/h2-3,5-7,9,11-12H,4,8,10H2,1H3,(H,19,20). The minimum absolute atomic E-state index is 0.306. The summed E-state index contributed by atoms with van der Waals surface area (Å²) >= 11 is 0. The molecule has 21 heavy (non-hydrogen) atoms. The molecule has 0 aliphatic rings. The number of nitrogens with one attached hydrogen (secondary N) is 1. The molecule has 0 saturated carbocycles. The van der Waals surface area contributed by atoms with E-state index in [2.05, 4.69) is 52.3 Å². The van der Waals surface area contributed by atoms with E-state index in [-0.39, 0.29) is 5.82 Å². The lowest BCUT2D eigenvalue weighted by atomic mass is 10.2. The van der Waals surface area contributed by atoms with E-state index in [1.165, 1.54) is 22.7 Å². The van der Waals surface area contributed by atoms with Gasteiger partial charge in [0.15, 0.2) is 5.82 Å². The second-order valence-electron chi connectivity index (χ2n) is 5.16. The first-order valence-electron chi connectivity index (χ1n) is 7.13. The molecule has 2 heterocycles. The Morgan fingerprint density at radius 3 is 2.95 bits per heavy atom. The molecule has 4 heteroatoms. The van der Waals surface area contributed by atoms with E-state index in [1.54, 1.807) is 12.3 Å². The molecule has 2 aromatic heterocycles. The maximum Gasteiger partial charge on any atom is 0.164 e. The zero-order chi connectivity index (χ0) is 14.7. The molecule has 0 fully saturated rings. The van der Waals surface area contributed by atoms with Gasteiger partial charge in [-0.05, 0) is 31.0 Å². The number of para-hydroxylation sites is 1. The number of rotatable bonds is 5. The predicted octanol–water partition coefficient (Wildman–Crippen LogP) is 3.99. The van der Waals surface area contributed by atoms with E-state index in [4.69, 9.17) is 0 Å². The van der Waals surface area contributed by atoms with Crippen LogP contribution in [-0.4, -0.2) is 16.1 Å². The summed E-state index contributed by atoms with van der Waals surface area (Å²) < 4.78 is 15.7. The number of aromatic nitrogens is 2. The number of hydrogen-bond donors (Lipinski definition) is 1. The Balaban J connectivity index is 1.61. The van der Waals surface area contributed by atoms with Crippen LogP contribution in [0.4, 0.5) is 10.1 Å². The summed E-state index contributed by atoms with van der Waals surface area (Å²) in [5, 5.41) is 4.41. The molecule has 0 unspecified atom stereocenters. The number of pyridine rings is 1.